The van der Waals surface area contributed by atoms with Gasteiger partial charge in [-0.3, -0.25) is 9.59 Å². The molecular formula is C23H20F3N3O3S. The van der Waals surface area contributed by atoms with Gasteiger partial charge in [0, 0.05) is 12.0 Å². The Kier molecular flexibility index (Phi) is 6.11. The summed E-state index contributed by atoms with van der Waals surface area (Å²) >= 11 is 1.22. The van der Waals surface area contributed by atoms with E-state index >= 15 is 0 Å². The van der Waals surface area contributed by atoms with Gasteiger partial charge in [0.15, 0.2) is 0 Å². The summed E-state index contributed by atoms with van der Waals surface area (Å²) in [6, 6.07) is 9.77. The Morgan fingerprint density at radius 2 is 2.03 bits per heavy atom. The number of benzene rings is 2. The third-order valence-electron chi connectivity index (χ3n) is 5.28. The molecule has 4 rings (SSSR count). The number of amides is 2. The summed E-state index contributed by atoms with van der Waals surface area (Å²) in [6.07, 6.45) is -4.15. The summed E-state index contributed by atoms with van der Waals surface area (Å²) in [5.74, 6) is -0.0111. The van der Waals surface area contributed by atoms with Crippen LogP contribution in [0, 0.1) is 6.92 Å². The smallest absolute Gasteiger partial charge is 0.416 e. The predicted octanol–water partition coefficient (Wildman–Crippen LogP) is 4.88. The Morgan fingerprint density at radius 1 is 1.24 bits per heavy atom. The van der Waals surface area contributed by atoms with E-state index in [1.165, 1.54) is 24.5 Å². The molecule has 0 spiro atoms. The van der Waals surface area contributed by atoms with E-state index in [-0.39, 0.29) is 24.7 Å². The van der Waals surface area contributed by atoms with E-state index in [1.54, 1.807) is 31.2 Å². The molecule has 2 amide bonds. The second-order valence-electron chi connectivity index (χ2n) is 7.63. The lowest BCUT2D eigenvalue weighted by atomic mass is 10.0. The van der Waals surface area contributed by atoms with Gasteiger partial charge in [-0.05, 0) is 36.2 Å². The van der Waals surface area contributed by atoms with Gasteiger partial charge in [0.2, 0.25) is 5.91 Å². The zero-order valence-corrected chi connectivity index (χ0v) is 18.6. The summed E-state index contributed by atoms with van der Waals surface area (Å²) in [7, 11) is 1.51. The van der Waals surface area contributed by atoms with Gasteiger partial charge in [-0.15, -0.1) is 11.3 Å². The lowest BCUT2D eigenvalue weighted by molar-refractivity contribution is -0.137. The Hall–Kier alpha value is -3.40. The van der Waals surface area contributed by atoms with Crippen LogP contribution in [0.15, 0.2) is 42.5 Å². The summed E-state index contributed by atoms with van der Waals surface area (Å²) < 4.78 is 44.0. The van der Waals surface area contributed by atoms with Gasteiger partial charge in [-0.1, -0.05) is 24.3 Å². The number of halogens is 3. The second kappa shape index (κ2) is 8.86. The van der Waals surface area contributed by atoms with Crippen LogP contribution >= 0.6 is 11.3 Å². The first kappa shape index (κ1) is 22.8. The second-order valence-corrected chi connectivity index (χ2v) is 8.71. The van der Waals surface area contributed by atoms with Crippen LogP contribution in [0.1, 0.15) is 50.2 Å². The number of nitrogens with one attached hydrogen (secondary N) is 2. The van der Waals surface area contributed by atoms with Crippen molar-refractivity contribution in [1.82, 2.24) is 10.3 Å². The number of hydrogen-bond donors (Lipinski definition) is 2. The topological polar surface area (TPSA) is 80.3 Å². The minimum atomic E-state index is -4.41. The Labute approximate surface area is 191 Å². The highest BCUT2D eigenvalue weighted by Crippen LogP contribution is 2.33. The average Bonchev–Trinajstić information content (AvgIpc) is 3.25. The number of carbonyl (C=O) groups excluding carboxylic acids is 2. The van der Waals surface area contributed by atoms with Crippen molar-refractivity contribution in [1.29, 1.82) is 0 Å². The summed E-state index contributed by atoms with van der Waals surface area (Å²) in [6.45, 7) is 1.72. The minimum Gasteiger partial charge on any atom is -0.497 e. The molecule has 3 aromatic rings. The molecule has 0 radical (unpaired) electrons. The molecule has 2 N–H and O–H groups in total. The molecule has 1 aliphatic rings. The molecule has 33 heavy (non-hydrogen) atoms. The highest BCUT2D eigenvalue weighted by atomic mass is 32.1. The monoisotopic (exact) mass is 475 g/mol. The van der Waals surface area contributed by atoms with E-state index in [4.69, 9.17) is 4.74 Å². The summed E-state index contributed by atoms with van der Waals surface area (Å²) in [5.41, 5.74) is 1.55. The number of anilines is 1. The third kappa shape index (κ3) is 5.00. The maximum Gasteiger partial charge on any atom is 0.416 e. The fourth-order valence-electron chi connectivity index (χ4n) is 3.68. The van der Waals surface area contributed by atoms with Crippen molar-refractivity contribution in [2.24, 2.45) is 0 Å². The molecule has 1 atom stereocenters. The highest BCUT2D eigenvalue weighted by molar-refractivity contribution is 7.16. The lowest BCUT2D eigenvalue weighted by Gasteiger charge is -2.11. The van der Waals surface area contributed by atoms with Gasteiger partial charge < -0.3 is 15.4 Å². The van der Waals surface area contributed by atoms with Gasteiger partial charge in [-0.25, -0.2) is 4.98 Å². The normalized spacial score (nSPS) is 15.2. The van der Waals surface area contributed by atoms with Crippen LogP contribution in [0.3, 0.4) is 0 Å². The molecule has 2 aromatic carbocycles. The summed E-state index contributed by atoms with van der Waals surface area (Å²) in [4.78, 5) is 29.3. The molecule has 1 aliphatic heterocycles. The number of aromatic nitrogens is 1. The molecule has 0 saturated carbocycles. The van der Waals surface area contributed by atoms with Crippen LogP contribution in [-0.4, -0.2) is 23.9 Å². The van der Waals surface area contributed by atoms with Crippen LogP contribution in [0.5, 0.6) is 5.75 Å². The van der Waals surface area contributed by atoms with Crippen LogP contribution in [0.25, 0.3) is 0 Å². The van der Waals surface area contributed by atoms with E-state index in [9.17, 15) is 22.8 Å². The number of carbonyl (C=O) groups is 2. The van der Waals surface area contributed by atoms with Crippen molar-refractivity contribution >= 4 is 28.2 Å². The Bertz CT molecular complexity index is 1220. The van der Waals surface area contributed by atoms with E-state index in [1.807, 2.05) is 0 Å². The Morgan fingerprint density at radius 3 is 2.76 bits per heavy atom. The zero-order valence-electron chi connectivity index (χ0n) is 17.7. The average molecular weight is 475 g/mol. The molecule has 0 bridgehead atoms. The van der Waals surface area contributed by atoms with E-state index < -0.39 is 17.8 Å². The van der Waals surface area contributed by atoms with Crippen LogP contribution in [-0.2, 0) is 17.4 Å². The van der Waals surface area contributed by atoms with Crippen molar-refractivity contribution < 1.29 is 27.5 Å². The molecule has 1 aromatic heterocycles. The first-order valence-electron chi connectivity index (χ1n) is 10.0. The van der Waals surface area contributed by atoms with E-state index in [0.717, 1.165) is 17.7 Å². The van der Waals surface area contributed by atoms with Crippen molar-refractivity contribution in [3.8, 4) is 5.75 Å². The van der Waals surface area contributed by atoms with Crippen LogP contribution in [0.4, 0.5) is 18.2 Å². The zero-order chi connectivity index (χ0) is 23.8. The SMILES string of the molecule is COc1ccc2c(c1)C(=O)NC2CC(=O)Nc1sc(Cc2cccc(C(F)(F)F)c2)nc1C. The molecular weight excluding hydrogens is 455 g/mol. The quantitative estimate of drug-likeness (QED) is 0.533. The number of alkyl halides is 3. The first-order valence-corrected chi connectivity index (χ1v) is 10.9. The van der Waals surface area contributed by atoms with Gasteiger partial charge in [0.25, 0.3) is 5.91 Å². The van der Waals surface area contributed by atoms with Gasteiger partial charge in [0.1, 0.15) is 10.8 Å². The third-order valence-corrected chi connectivity index (χ3v) is 6.35. The molecule has 10 heteroatoms. The molecule has 0 aliphatic carbocycles. The standard InChI is InChI=1S/C23H20F3N3O3S/c1-12-22(33-20(27-12)9-13-4-3-5-14(8-13)23(24,25)26)29-19(30)11-18-16-7-6-15(32-2)10-17(16)21(31)28-18/h3-8,10,18H,9,11H2,1-2H3,(H,28,31)(H,29,30). The number of ether oxygens (including phenoxy) is 1. The number of fused-ring (bicyclic) bond motifs is 1. The number of thiazole rings is 1. The van der Waals surface area contributed by atoms with Gasteiger partial charge >= 0.3 is 6.18 Å². The van der Waals surface area contributed by atoms with Gasteiger partial charge in [0.05, 0.1) is 35.8 Å². The van der Waals surface area contributed by atoms with Gasteiger partial charge in [-0.2, -0.15) is 13.2 Å². The van der Waals surface area contributed by atoms with Crippen molar-refractivity contribution in [3.63, 3.8) is 0 Å². The maximum atomic E-state index is 12.9. The number of nitrogens with zero attached hydrogens (tertiary/aromatic N) is 1. The lowest BCUT2D eigenvalue weighted by Crippen LogP contribution is -2.24. The van der Waals surface area contributed by atoms with Crippen molar-refractivity contribution in [2.75, 3.05) is 12.4 Å². The fraction of sp³-hybridized carbons (Fsp3) is 0.261. The number of methoxy groups -OCH3 is 1. The molecule has 172 valence electrons. The fourth-order valence-corrected chi connectivity index (χ4v) is 4.69. The highest BCUT2D eigenvalue weighted by Gasteiger charge is 2.31. The molecule has 1 unspecified atom stereocenters. The predicted molar refractivity (Wildman–Crippen MR) is 118 cm³/mol. The van der Waals surface area contributed by atoms with Crippen LogP contribution < -0.4 is 15.4 Å². The first-order chi connectivity index (χ1) is 15.6. The largest absolute Gasteiger partial charge is 0.497 e. The number of rotatable bonds is 6. The molecule has 0 fully saturated rings. The molecule has 0 saturated heterocycles. The number of hydrogen-bond acceptors (Lipinski definition) is 5. The Balaban J connectivity index is 1.43. The van der Waals surface area contributed by atoms with Crippen molar-refractivity contribution in [3.05, 3.63) is 75.4 Å². The maximum absolute atomic E-state index is 12.9. The molecule has 6 nitrogen and oxygen atoms in total. The van der Waals surface area contributed by atoms with E-state index in [2.05, 4.69) is 15.6 Å². The molecule has 2 heterocycles. The minimum absolute atomic E-state index is 0.0331. The van der Waals surface area contributed by atoms with Crippen molar-refractivity contribution in [2.45, 2.75) is 32.0 Å². The summed E-state index contributed by atoms with van der Waals surface area (Å²) in [5, 5.41) is 6.73. The number of aryl methyl sites for hydroxylation is 1. The van der Waals surface area contributed by atoms with Crippen LogP contribution in [0.2, 0.25) is 0 Å². The van der Waals surface area contributed by atoms with E-state index in [0.29, 0.717) is 32.6 Å².